The molecule has 3 aromatic rings. The van der Waals surface area contributed by atoms with Gasteiger partial charge in [0.25, 0.3) is 0 Å². The van der Waals surface area contributed by atoms with Crippen LogP contribution in [0.4, 0.5) is 9.39 Å². The number of aryl methyl sites for hydroxylation is 1. The van der Waals surface area contributed by atoms with Gasteiger partial charge in [0.2, 0.25) is 0 Å². The highest BCUT2D eigenvalue weighted by molar-refractivity contribution is 7.16. The van der Waals surface area contributed by atoms with Gasteiger partial charge < -0.3 is 15.2 Å². The summed E-state index contributed by atoms with van der Waals surface area (Å²) < 4.78 is 20.1. The van der Waals surface area contributed by atoms with Crippen LogP contribution in [0.5, 0.6) is 0 Å². The quantitative estimate of drug-likeness (QED) is 0.476. The summed E-state index contributed by atoms with van der Waals surface area (Å²) in [5.41, 5.74) is -0.440. The van der Waals surface area contributed by atoms with Gasteiger partial charge in [-0.05, 0) is 37.1 Å². The van der Waals surface area contributed by atoms with Crippen LogP contribution in [-0.2, 0) is 23.3 Å². The van der Waals surface area contributed by atoms with Gasteiger partial charge in [-0.2, -0.15) is 5.10 Å². The number of aromatic nitrogens is 3. The lowest BCUT2D eigenvalue weighted by atomic mass is 9.93. The van der Waals surface area contributed by atoms with E-state index in [9.17, 15) is 14.3 Å². The lowest BCUT2D eigenvalue weighted by Gasteiger charge is -2.29. The Morgan fingerprint density at radius 3 is 2.73 bits per heavy atom. The molecule has 160 valence electrons. The van der Waals surface area contributed by atoms with E-state index >= 15 is 0 Å². The van der Waals surface area contributed by atoms with Crippen molar-refractivity contribution in [3.05, 3.63) is 64.8 Å². The highest BCUT2D eigenvalue weighted by atomic mass is 32.1. The number of carbonyl (C=O) groups is 1. The van der Waals surface area contributed by atoms with Crippen LogP contribution < -0.4 is 5.32 Å². The van der Waals surface area contributed by atoms with Crippen LogP contribution in [-0.4, -0.2) is 39.0 Å². The van der Waals surface area contributed by atoms with E-state index in [1.165, 1.54) is 52.9 Å². The molecule has 1 aromatic carbocycles. The second kappa shape index (κ2) is 9.82. The fraction of sp³-hybridized carbons (Fsp3) is 0.381. The molecule has 0 amide bonds. The van der Waals surface area contributed by atoms with Crippen molar-refractivity contribution in [2.75, 3.05) is 18.5 Å². The molecular weight excluding hydrogens is 407 g/mol. The predicted octanol–water partition coefficient (Wildman–Crippen LogP) is 3.61. The molecule has 2 aromatic heterocycles. The van der Waals surface area contributed by atoms with Gasteiger partial charge in [-0.1, -0.05) is 25.5 Å². The molecule has 2 heterocycles. The molecule has 0 saturated carbocycles. The molecule has 9 heteroatoms. The number of nitrogens with zero attached hydrogens (tertiary/aromatic N) is 3. The van der Waals surface area contributed by atoms with Crippen molar-refractivity contribution in [3.63, 3.8) is 0 Å². The number of hydrogen-bond donors (Lipinski definition) is 2. The molecule has 0 saturated heterocycles. The van der Waals surface area contributed by atoms with Gasteiger partial charge in [0.05, 0.1) is 25.3 Å². The predicted molar refractivity (Wildman–Crippen MR) is 113 cm³/mol. The first kappa shape index (κ1) is 21.9. The van der Waals surface area contributed by atoms with E-state index in [4.69, 9.17) is 4.74 Å². The fourth-order valence-electron chi connectivity index (χ4n) is 3.12. The summed E-state index contributed by atoms with van der Waals surface area (Å²) in [5, 5.41) is 19.4. The van der Waals surface area contributed by atoms with Gasteiger partial charge in [0, 0.05) is 4.88 Å². The first-order chi connectivity index (χ1) is 14.4. The van der Waals surface area contributed by atoms with E-state index in [0.29, 0.717) is 16.1 Å². The van der Waals surface area contributed by atoms with Gasteiger partial charge in [-0.15, -0.1) is 11.3 Å². The van der Waals surface area contributed by atoms with Crippen molar-refractivity contribution in [2.24, 2.45) is 0 Å². The van der Waals surface area contributed by atoms with E-state index in [-0.39, 0.29) is 25.5 Å². The third-order valence-corrected chi connectivity index (χ3v) is 5.74. The number of thiophene rings is 1. The van der Waals surface area contributed by atoms with Gasteiger partial charge >= 0.3 is 5.97 Å². The van der Waals surface area contributed by atoms with Crippen molar-refractivity contribution in [1.82, 2.24) is 14.8 Å². The Morgan fingerprint density at radius 1 is 1.33 bits per heavy atom. The number of esters is 1. The van der Waals surface area contributed by atoms with E-state index in [1.54, 1.807) is 6.92 Å². The molecule has 3 rings (SSSR count). The average Bonchev–Trinajstić information content (AvgIpc) is 3.37. The van der Waals surface area contributed by atoms with Gasteiger partial charge in [0.1, 0.15) is 29.1 Å². The van der Waals surface area contributed by atoms with Crippen LogP contribution in [0.2, 0.25) is 0 Å². The summed E-state index contributed by atoms with van der Waals surface area (Å²) in [6.45, 7) is 4.30. The maximum atomic E-state index is 13.4. The summed E-state index contributed by atoms with van der Waals surface area (Å²) in [6, 6.07) is 7.52. The minimum atomic E-state index is -1.41. The minimum Gasteiger partial charge on any atom is -0.462 e. The van der Waals surface area contributed by atoms with Crippen molar-refractivity contribution in [3.8, 4) is 0 Å². The number of nitrogens with one attached hydrogen (secondary N) is 1. The number of rotatable bonds is 10. The maximum absolute atomic E-state index is 13.4. The van der Waals surface area contributed by atoms with Gasteiger partial charge in [-0.25, -0.2) is 18.9 Å². The Bertz CT molecular complexity index is 959. The monoisotopic (exact) mass is 432 g/mol. The third kappa shape index (κ3) is 5.22. The van der Waals surface area contributed by atoms with Crippen LogP contribution in [0.3, 0.4) is 0 Å². The Kier molecular flexibility index (Phi) is 7.17. The SMILES string of the molecule is CCCc1cc(C(=O)OCC)c(NCC(O)(Cn2cncn2)c2ccc(F)cc2)s1. The Morgan fingerprint density at radius 2 is 2.10 bits per heavy atom. The van der Waals surface area contributed by atoms with Crippen LogP contribution in [0, 0.1) is 5.82 Å². The molecule has 0 aliphatic rings. The Labute approximate surface area is 178 Å². The molecule has 7 nitrogen and oxygen atoms in total. The van der Waals surface area contributed by atoms with Crippen LogP contribution >= 0.6 is 11.3 Å². The van der Waals surface area contributed by atoms with Crippen molar-refractivity contribution in [2.45, 2.75) is 38.8 Å². The molecule has 0 radical (unpaired) electrons. The molecule has 0 fully saturated rings. The van der Waals surface area contributed by atoms with Crippen molar-refractivity contribution >= 4 is 22.3 Å². The number of halogens is 1. The normalized spacial score (nSPS) is 13.1. The second-order valence-electron chi connectivity index (χ2n) is 6.91. The number of benzene rings is 1. The van der Waals surface area contributed by atoms with Gasteiger partial charge in [0.15, 0.2) is 0 Å². The number of carbonyl (C=O) groups excluding carboxylic acids is 1. The Hall–Kier alpha value is -2.78. The second-order valence-corrected chi connectivity index (χ2v) is 8.05. The fourth-order valence-corrected chi connectivity index (χ4v) is 4.26. The average molecular weight is 433 g/mol. The minimum absolute atomic E-state index is 0.0803. The third-order valence-electron chi connectivity index (χ3n) is 4.59. The zero-order valence-corrected chi connectivity index (χ0v) is 17.8. The largest absolute Gasteiger partial charge is 0.462 e. The molecule has 1 unspecified atom stereocenters. The maximum Gasteiger partial charge on any atom is 0.341 e. The summed E-state index contributed by atoms with van der Waals surface area (Å²) in [6.07, 6.45) is 4.69. The summed E-state index contributed by atoms with van der Waals surface area (Å²) in [7, 11) is 0. The van der Waals surface area contributed by atoms with Gasteiger partial charge in [-0.3, -0.25) is 0 Å². The van der Waals surface area contributed by atoms with Crippen LogP contribution in [0.1, 0.15) is 41.1 Å². The highest BCUT2D eigenvalue weighted by Crippen LogP contribution is 2.32. The first-order valence-electron chi connectivity index (χ1n) is 9.79. The number of aliphatic hydroxyl groups is 1. The van der Waals surface area contributed by atoms with E-state index < -0.39 is 11.6 Å². The number of anilines is 1. The molecule has 2 N–H and O–H groups in total. The lowest BCUT2D eigenvalue weighted by molar-refractivity contribution is 0.0281. The van der Waals surface area contributed by atoms with E-state index in [2.05, 4.69) is 22.3 Å². The Balaban J connectivity index is 1.88. The number of hydrogen-bond acceptors (Lipinski definition) is 7. The smallest absolute Gasteiger partial charge is 0.341 e. The zero-order valence-electron chi connectivity index (χ0n) is 17.0. The molecular formula is C21H25FN4O3S. The summed E-state index contributed by atoms with van der Waals surface area (Å²) in [5.74, 6) is -0.790. The van der Waals surface area contributed by atoms with Crippen LogP contribution in [0.15, 0.2) is 43.0 Å². The van der Waals surface area contributed by atoms with Crippen molar-refractivity contribution in [1.29, 1.82) is 0 Å². The molecule has 0 aliphatic heterocycles. The van der Waals surface area contributed by atoms with Crippen LogP contribution in [0.25, 0.3) is 0 Å². The summed E-state index contributed by atoms with van der Waals surface area (Å²) in [4.78, 5) is 17.4. The molecule has 0 aliphatic carbocycles. The highest BCUT2D eigenvalue weighted by Gasteiger charge is 2.31. The standard InChI is InChI=1S/C21H25FN4O3S/c1-3-5-17-10-18(20(27)29-4-2)19(30-17)24-11-21(28,12-26-14-23-13-25-26)15-6-8-16(22)9-7-15/h6-10,13-14,24,28H,3-5,11-12H2,1-2H3. The lowest BCUT2D eigenvalue weighted by Crippen LogP contribution is -2.39. The van der Waals surface area contributed by atoms with Crippen molar-refractivity contribution < 1.29 is 19.0 Å². The molecule has 1 atom stereocenters. The molecule has 30 heavy (non-hydrogen) atoms. The zero-order chi connectivity index (χ0) is 21.6. The summed E-state index contributed by atoms with van der Waals surface area (Å²) >= 11 is 1.47. The molecule has 0 spiro atoms. The van der Waals surface area contributed by atoms with E-state index in [1.807, 2.05) is 6.07 Å². The number of ether oxygens (including phenoxy) is 1. The first-order valence-corrected chi connectivity index (χ1v) is 10.6. The molecule has 0 bridgehead atoms. The van der Waals surface area contributed by atoms with E-state index in [0.717, 1.165) is 17.7 Å². The topological polar surface area (TPSA) is 89.3 Å².